The maximum absolute atomic E-state index is 10.7. The minimum Gasteiger partial charge on any atom is -0.487 e. The van der Waals surface area contributed by atoms with E-state index in [0.717, 1.165) is 22.8 Å². The van der Waals surface area contributed by atoms with Crippen LogP contribution in [-0.4, -0.2) is 11.3 Å². The topological polar surface area (TPSA) is 39.2 Å². The van der Waals surface area contributed by atoms with Crippen molar-refractivity contribution in [3.05, 3.63) is 70.9 Å². The summed E-state index contributed by atoms with van der Waals surface area (Å²) in [5, 5.41) is 1.50. The second-order valence-electron chi connectivity index (χ2n) is 4.63. The molecule has 0 aliphatic carbocycles. The summed E-state index contributed by atoms with van der Waals surface area (Å²) in [7, 11) is 0. The van der Waals surface area contributed by atoms with Crippen molar-refractivity contribution in [2.45, 2.75) is 6.61 Å². The van der Waals surface area contributed by atoms with Crippen LogP contribution in [0.4, 0.5) is 0 Å². The lowest BCUT2D eigenvalue weighted by molar-refractivity contribution is 0.112. The quantitative estimate of drug-likeness (QED) is 0.675. The highest BCUT2D eigenvalue weighted by Crippen LogP contribution is 2.26. The number of aromatic nitrogens is 1. The SMILES string of the molecule is O=Cc1ccc(OCc2ccc3ncccc3c2)c(Cl)c1. The standard InChI is InChI=1S/C17H12ClNO2/c18-15-9-12(10-20)4-6-17(15)21-11-13-3-5-16-14(8-13)2-1-7-19-16/h1-10H,11H2. The van der Waals surface area contributed by atoms with Gasteiger partial charge in [0.05, 0.1) is 10.5 Å². The molecule has 0 saturated heterocycles. The molecule has 3 aromatic rings. The molecule has 0 radical (unpaired) electrons. The van der Waals surface area contributed by atoms with Crippen LogP contribution in [0.15, 0.2) is 54.7 Å². The van der Waals surface area contributed by atoms with Gasteiger partial charge in [0.2, 0.25) is 0 Å². The van der Waals surface area contributed by atoms with Gasteiger partial charge in [-0.25, -0.2) is 0 Å². The molecule has 0 amide bonds. The maximum Gasteiger partial charge on any atom is 0.150 e. The zero-order valence-corrected chi connectivity index (χ0v) is 11.9. The number of hydrogen-bond acceptors (Lipinski definition) is 3. The first-order valence-electron chi connectivity index (χ1n) is 6.47. The first-order chi connectivity index (χ1) is 10.3. The van der Waals surface area contributed by atoms with E-state index >= 15 is 0 Å². The normalized spacial score (nSPS) is 10.5. The molecule has 3 rings (SSSR count). The van der Waals surface area contributed by atoms with Gasteiger partial charge in [0, 0.05) is 17.1 Å². The molecule has 0 N–H and O–H groups in total. The monoisotopic (exact) mass is 297 g/mol. The number of halogens is 1. The molecule has 0 unspecified atom stereocenters. The number of carbonyl (C=O) groups is 1. The fourth-order valence-electron chi connectivity index (χ4n) is 2.08. The highest BCUT2D eigenvalue weighted by Gasteiger charge is 2.04. The molecule has 0 aliphatic rings. The highest BCUT2D eigenvalue weighted by molar-refractivity contribution is 6.32. The molecule has 4 heteroatoms. The number of aldehydes is 1. The largest absolute Gasteiger partial charge is 0.487 e. The van der Waals surface area contributed by atoms with Crippen LogP contribution in [0.5, 0.6) is 5.75 Å². The molecule has 0 bridgehead atoms. The average molecular weight is 298 g/mol. The molecule has 1 heterocycles. The van der Waals surface area contributed by atoms with Gasteiger partial charge in [-0.2, -0.15) is 0 Å². The Labute approximate surface area is 127 Å². The third kappa shape index (κ3) is 3.03. The summed E-state index contributed by atoms with van der Waals surface area (Å²) < 4.78 is 5.70. The number of pyridine rings is 1. The van der Waals surface area contributed by atoms with Crippen molar-refractivity contribution in [3.63, 3.8) is 0 Å². The summed E-state index contributed by atoms with van der Waals surface area (Å²) in [5.41, 5.74) is 2.52. The molecule has 104 valence electrons. The van der Waals surface area contributed by atoms with Gasteiger partial charge in [0.25, 0.3) is 0 Å². The van der Waals surface area contributed by atoms with Crippen LogP contribution in [0.3, 0.4) is 0 Å². The van der Waals surface area contributed by atoms with E-state index in [2.05, 4.69) is 4.98 Å². The summed E-state index contributed by atoms with van der Waals surface area (Å²) in [4.78, 5) is 14.9. The Morgan fingerprint density at radius 1 is 1.14 bits per heavy atom. The van der Waals surface area contributed by atoms with Gasteiger partial charge in [-0.1, -0.05) is 23.7 Å². The van der Waals surface area contributed by atoms with E-state index in [1.807, 2.05) is 30.3 Å². The number of hydrogen-bond donors (Lipinski definition) is 0. The minimum atomic E-state index is 0.408. The smallest absolute Gasteiger partial charge is 0.150 e. The van der Waals surface area contributed by atoms with Crippen molar-refractivity contribution in [1.29, 1.82) is 0 Å². The molecule has 2 aromatic carbocycles. The van der Waals surface area contributed by atoms with Crippen LogP contribution < -0.4 is 4.74 Å². The Kier molecular flexibility index (Phi) is 3.84. The fraction of sp³-hybridized carbons (Fsp3) is 0.0588. The summed E-state index contributed by atoms with van der Waals surface area (Å²) in [6, 6.07) is 14.9. The highest BCUT2D eigenvalue weighted by atomic mass is 35.5. The van der Waals surface area contributed by atoms with Crippen LogP contribution in [0.2, 0.25) is 5.02 Å². The third-order valence-corrected chi connectivity index (χ3v) is 3.45. The zero-order valence-electron chi connectivity index (χ0n) is 11.1. The van der Waals surface area contributed by atoms with Gasteiger partial charge in [0.1, 0.15) is 18.6 Å². The molecule has 0 saturated carbocycles. The van der Waals surface area contributed by atoms with Gasteiger partial charge in [-0.05, 0) is 42.0 Å². The Morgan fingerprint density at radius 2 is 2.05 bits per heavy atom. The van der Waals surface area contributed by atoms with E-state index < -0.39 is 0 Å². The Balaban J connectivity index is 1.78. The van der Waals surface area contributed by atoms with Gasteiger partial charge in [-0.3, -0.25) is 9.78 Å². The Bertz CT molecular complexity index is 802. The molecule has 0 fully saturated rings. The lowest BCUT2D eigenvalue weighted by Gasteiger charge is -2.09. The van der Waals surface area contributed by atoms with E-state index in [-0.39, 0.29) is 0 Å². The summed E-state index contributed by atoms with van der Waals surface area (Å²) in [5.74, 6) is 0.563. The van der Waals surface area contributed by atoms with Gasteiger partial charge in [0.15, 0.2) is 0 Å². The molecular formula is C17H12ClNO2. The first-order valence-corrected chi connectivity index (χ1v) is 6.85. The average Bonchev–Trinajstić information content (AvgIpc) is 2.53. The van der Waals surface area contributed by atoms with E-state index in [4.69, 9.17) is 16.3 Å². The summed E-state index contributed by atoms with van der Waals surface area (Å²) in [6.07, 6.45) is 2.53. The summed E-state index contributed by atoms with van der Waals surface area (Å²) in [6.45, 7) is 0.408. The molecule has 1 aromatic heterocycles. The molecule has 0 aliphatic heterocycles. The van der Waals surface area contributed by atoms with Crippen LogP contribution in [0.1, 0.15) is 15.9 Å². The zero-order chi connectivity index (χ0) is 14.7. The van der Waals surface area contributed by atoms with Crippen molar-refractivity contribution in [3.8, 4) is 5.75 Å². The number of fused-ring (bicyclic) bond motifs is 1. The predicted octanol–water partition coefficient (Wildman–Crippen LogP) is 4.28. The number of benzene rings is 2. The van der Waals surface area contributed by atoms with Gasteiger partial charge < -0.3 is 4.74 Å². The molecular weight excluding hydrogens is 286 g/mol. The molecule has 0 spiro atoms. The van der Waals surface area contributed by atoms with E-state index in [0.29, 0.717) is 22.9 Å². The minimum absolute atomic E-state index is 0.408. The van der Waals surface area contributed by atoms with Crippen LogP contribution in [-0.2, 0) is 6.61 Å². The van der Waals surface area contributed by atoms with Crippen molar-refractivity contribution < 1.29 is 9.53 Å². The number of nitrogens with zero attached hydrogens (tertiary/aromatic N) is 1. The molecule has 3 nitrogen and oxygen atoms in total. The Hall–Kier alpha value is -2.39. The summed E-state index contributed by atoms with van der Waals surface area (Å²) >= 11 is 6.08. The first kappa shape index (κ1) is 13.6. The number of rotatable bonds is 4. The van der Waals surface area contributed by atoms with E-state index in [1.165, 1.54) is 0 Å². The van der Waals surface area contributed by atoms with Gasteiger partial charge >= 0.3 is 0 Å². The third-order valence-electron chi connectivity index (χ3n) is 3.15. The second-order valence-corrected chi connectivity index (χ2v) is 5.03. The lowest BCUT2D eigenvalue weighted by Crippen LogP contribution is -1.96. The number of carbonyl (C=O) groups excluding carboxylic acids is 1. The molecule has 21 heavy (non-hydrogen) atoms. The second kappa shape index (κ2) is 5.94. The van der Waals surface area contributed by atoms with E-state index in [1.54, 1.807) is 24.4 Å². The molecule has 0 atom stereocenters. The van der Waals surface area contributed by atoms with Crippen molar-refractivity contribution >= 4 is 28.8 Å². The lowest BCUT2D eigenvalue weighted by atomic mass is 10.1. The fourth-order valence-corrected chi connectivity index (χ4v) is 2.33. The van der Waals surface area contributed by atoms with Crippen LogP contribution in [0, 0.1) is 0 Å². The van der Waals surface area contributed by atoms with Crippen molar-refractivity contribution in [2.24, 2.45) is 0 Å². The number of ether oxygens (including phenoxy) is 1. The van der Waals surface area contributed by atoms with E-state index in [9.17, 15) is 4.79 Å². The van der Waals surface area contributed by atoms with Crippen LogP contribution >= 0.6 is 11.6 Å². The predicted molar refractivity (Wildman–Crippen MR) is 82.9 cm³/mol. The van der Waals surface area contributed by atoms with Crippen molar-refractivity contribution in [1.82, 2.24) is 4.98 Å². The van der Waals surface area contributed by atoms with Gasteiger partial charge in [-0.15, -0.1) is 0 Å². The van der Waals surface area contributed by atoms with Crippen molar-refractivity contribution in [2.75, 3.05) is 0 Å². The maximum atomic E-state index is 10.7. The van der Waals surface area contributed by atoms with Crippen LogP contribution in [0.25, 0.3) is 10.9 Å². The Morgan fingerprint density at radius 3 is 2.86 bits per heavy atom.